The number of primary amides is 1. The number of nitrogens with one attached hydrogen (secondary N) is 1. The van der Waals surface area contributed by atoms with Crippen LogP contribution < -0.4 is 16.8 Å². The third kappa shape index (κ3) is 4.82. The highest BCUT2D eigenvalue weighted by Crippen LogP contribution is 2.38. The molecule has 0 aliphatic heterocycles. The van der Waals surface area contributed by atoms with E-state index in [9.17, 15) is 14.4 Å². The molecule has 0 bridgehead atoms. The molecular weight excluding hydrogens is 436 g/mol. The minimum atomic E-state index is -0.672. The quantitative estimate of drug-likeness (QED) is 0.544. The van der Waals surface area contributed by atoms with E-state index in [4.69, 9.17) is 21.2 Å². The second-order valence-corrected chi connectivity index (χ2v) is 10.0. The number of Topliss-reactive ketones (excluding diaryl/α,β-unsaturated/α-hetero) is 1. The summed E-state index contributed by atoms with van der Waals surface area (Å²) in [4.78, 5) is 45.3. The maximum Gasteiger partial charge on any atom is 0.319 e. The van der Waals surface area contributed by atoms with Crippen molar-refractivity contribution < 1.29 is 19.1 Å². The molecule has 2 aromatic rings. The predicted octanol–water partition coefficient (Wildman–Crippen LogP) is 2.05. The Balaban J connectivity index is 1.60. The minimum Gasteiger partial charge on any atom is -0.461 e. The zero-order valence-electron chi connectivity index (χ0n) is 19.9. The van der Waals surface area contributed by atoms with E-state index in [1.165, 1.54) is 6.20 Å². The maximum atomic E-state index is 12.8. The fourth-order valence-electron chi connectivity index (χ4n) is 5.01. The number of nitrogens with two attached hydrogens (primary N) is 2. The molecule has 34 heavy (non-hydrogen) atoms. The van der Waals surface area contributed by atoms with Gasteiger partial charge in [-0.15, -0.1) is 0 Å². The molecule has 0 spiro atoms. The van der Waals surface area contributed by atoms with Gasteiger partial charge >= 0.3 is 5.97 Å². The van der Waals surface area contributed by atoms with Gasteiger partial charge in [0.15, 0.2) is 23.1 Å². The lowest BCUT2D eigenvalue weighted by Gasteiger charge is -2.30. The molecule has 0 saturated heterocycles. The Kier molecular flexibility index (Phi) is 6.44. The molecular formula is C24H32N6O4. The summed E-state index contributed by atoms with van der Waals surface area (Å²) in [5.41, 5.74) is 13.4. The summed E-state index contributed by atoms with van der Waals surface area (Å²) >= 11 is 0. The Morgan fingerprint density at radius 3 is 2.59 bits per heavy atom. The smallest absolute Gasteiger partial charge is 0.319 e. The molecule has 4 rings (SSSR count). The Bertz CT molecular complexity index is 1130. The Hall–Kier alpha value is -3.27. The Labute approximate surface area is 198 Å². The standard InChI is InChI=1S/C24H32N6O4/c1-13-12-30(16-8-24(2,3)9-17(31)20(13)16)18-11-27-21(22(26)33)23(29-18)28-14-4-6-15(7-5-14)34-19(32)10-25/h11-12,14-15H,4-10,25H2,1-3H3,(H2,26,33)(H,28,29). The highest BCUT2D eigenvalue weighted by atomic mass is 16.5. The zero-order valence-corrected chi connectivity index (χ0v) is 19.9. The number of carbonyl (C=O) groups excluding carboxylic acids is 3. The monoisotopic (exact) mass is 468 g/mol. The number of amides is 1. The summed E-state index contributed by atoms with van der Waals surface area (Å²) in [5, 5.41) is 3.32. The lowest BCUT2D eigenvalue weighted by molar-refractivity contribution is -0.148. The van der Waals surface area contributed by atoms with Crippen molar-refractivity contribution in [2.45, 2.75) is 71.4 Å². The SMILES string of the molecule is Cc1cn(-c2cnc(C(N)=O)c(NC3CCC(OC(=O)CN)CC3)n2)c2c1C(=O)CC(C)(C)C2. The van der Waals surface area contributed by atoms with Gasteiger partial charge in [-0.1, -0.05) is 13.8 Å². The fourth-order valence-corrected chi connectivity index (χ4v) is 5.01. The third-order valence-electron chi connectivity index (χ3n) is 6.58. The molecule has 10 nitrogen and oxygen atoms in total. The number of ether oxygens (including phenoxy) is 1. The number of hydrogen-bond acceptors (Lipinski definition) is 8. The molecule has 5 N–H and O–H groups in total. The van der Waals surface area contributed by atoms with Crippen LogP contribution in [0.15, 0.2) is 12.4 Å². The Morgan fingerprint density at radius 2 is 1.94 bits per heavy atom. The van der Waals surface area contributed by atoms with Gasteiger partial charge in [-0.25, -0.2) is 9.97 Å². The highest BCUT2D eigenvalue weighted by molar-refractivity contribution is 6.00. The average molecular weight is 469 g/mol. The van der Waals surface area contributed by atoms with Crippen LogP contribution in [0.1, 0.15) is 78.1 Å². The molecule has 0 atom stereocenters. The topological polar surface area (TPSA) is 155 Å². The molecule has 2 aliphatic carbocycles. The number of hydrogen-bond donors (Lipinski definition) is 3. The Morgan fingerprint density at radius 1 is 1.24 bits per heavy atom. The molecule has 2 aliphatic rings. The van der Waals surface area contributed by atoms with E-state index in [-0.39, 0.29) is 35.6 Å². The van der Waals surface area contributed by atoms with E-state index in [0.717, 1.165) is 36.1 Å². The third-order valence-corrected chi connectivity index (χ3v) is 6.58. The fraction of sp³-hybridized carbons (Fsp3) is 0.542. The van der Waals surface area contributed by atoms with Crippen LogP contribution in [-0.4, -0.2) is 50.9 Å². The van der Waals surface area contributed by atoms with E-state index in [0.29, 0.717) is 30.9 Å². The molecule has 10 heteroatoms. The summed E-state index contributed by atoms with van der Waals surface area (Å²) in [6.45, 7) is 5.95. The van der Waals surface area contributed by atoms with Gasteiger partial charge in [0.05, 0.1) is 12.7 Å². The summed E-state index contributed by atoms with van der Waals surface area (Å²) in [6.07, 6.45) is 7.33. The summed E-state index contributed by atoms with van der Waals surface area (Å²) in [7, 11) is 0. The van der Waals surface area contributed by atoms with Crippen LogP contribution in [0.25, 0.3) is 5.82 Å². The van der Waals surface area contributed by atoms with Crippen LogP contribution in [0.2, 0.25) is 0 Å². The van der Waals surface area contributed by atoms with Crippen molar-refractivity contribution in [3.8, 4) is 5.82 Å². The highest BCUT2D eigenvalue weighted by Gasteiger charge is 2.35. The molecule has 0 radical (unpaired) electrons. The molecule has 0 aromatic carbocycles. The van der Waals surface area contributed by atoms with Crippen molar-refractivity contribution in [1.82, 2.24) is 14.5 Å². The molecule has 2 heterocycles. The van der Waals surface area contributed by atoms with Gasteiger partial charge in [0.25, 0.3) is 5.91 Å². The second kappa shape index (κ2) is 9.17. The maximum absolute atomic E-state index is 12.8. The van der Waals surface area contributed by atoms with Gasteiger partial charge in [0.2, 0.25) is 0 Å². The minimum absolute atomic E-state index is 0.0244. The lowest BCUT2D eigenvalue weighted by atomic mass is 9.75. The number of fused-ring (bicyclic) bond motifs is 1. The zero-order chi connectivity index (χ0) is 24.6. The van der Waals surface area contributed by atoms with Crippen LogP contribution in [0.3, 0.4) is 0 Å². The van der Waals surface area contributed by atoms with E-state index in [1.54, 1.807) is 0 Å². The number of anilines is 1. The lowest BCUT2D eigenvalue weighted by Crippen LogP contribution is -2.33. The molecule has 182 valence electrons. The van der Waals surface area contributed by atoms with E-state index in [1.807, 2.05) is 17.7 Å². The van der Waals surface area contributed by atoms with Crippen molar-refractivity contribution in [3.05, 3.63) is 34.9 Å². The van der Waals surface area contributed by atoms with Crippen LogP contribution in [0, 0.1) is 12.3 Å². The molecule has 1 saturated carbocycles. The number of ketones is 1. The van der Waals surface area contributed by atoms with E-state index >= 15 is 0 Å². The second-order valence-electron chi connectivity index (χ2n) is 10.0. The van der Waals surface area contributed by atoms with Crippen LogP contribution in [0.4, 0.5) is 5.82 Å². The molecule has 2 aromatic heterocycles. The summed E-state index contributed by atoms with van der Waals surface area (Å²) in [6, 6.07) is 0.0244. The summed E-state index contributed by atoms with van der Waals surface area (Å²) in [5.74, 6) is -0.108. The van der Waals surface area contributed by atoms with Crippen molar-refractivity contribution >= 4 is 23.5 Å². The van der Waals surface area contributed by atoms with Crippen molar-refractivity contribution in [1.29, 1.82) is 0 Å². The molecule has 1 amide bonds. The first-order valence-corrected chi connectivity index (χ1v) is 11.7. The van der Waals surface area contributed by atoms with Gasteiger partial charge in [-0.3, -0.25) is 14.4 Å². The van der Waals surface area contributed by atoms with Crippen molar-refractivity contribution in [2.24, 2.45) is 16.9 Å². The first-order chi connectivity index (χ1) is 16.1. The van der Waals surface area contributed by atoms with E-state index < -0.39 is 11.9 Å². The van der Waals surface area contributed by atoms with Gasteiger partial charge < -0.3 is 26.1 Å². The largest absolute Gasteiger partial charge is 0.461 e. The number of nitrogens with zero attached hydrogens (tertiary/aromatic N) is 3. The van der Waals surface area contributed by atoms with Gasteiger partial charge in [-0.05, 0) is 50.0 Å². The number of esters is 1. The van der Waals surface area contributed by atoms with Gasteiger partial charge in [0.1, 0.15) is 6.10 Å². The van der Waals surface area contributed by atoms with Crippen LogP contribution in [-0.2, 0) is 16.0 Å². The normalized spacial score (nSPS) is 21.6. The number of aryl methyl sites for hydroxylation is 1. The van der Waals surface area contributed by atoms with Gasteiger partial charge in [-0.2, -0.15) is 0 Å². The van der Waals surface area contributed by atoms with Crippen LogP contribution in [0.5, 0.6) is 0 Å². The number of rotatable bonds is 6. The van der Waals surface area contributed by atoms with Crippen LogP contribution >= 0.6 is 0 Å². The van der Waals surface area contributed by atoms with E-state index in [2.05, 4.69) is 24.1 Å². The first kappa shape index (κ1) is 23.9. The summed E-state index contributed by atoms with van der Waals surface area (Å²) < 4.78 is 7.23. The first-order valence-electron chi connectivity index (χ1n) is 11.7. The number of aromatic nitrogens is 3. The number of carbonyl (C=O) groups is 3. The van der Waals surface area contributed by atoms with Gasteiger partial charge in [0, 0.05) is 29.9 Å². The van der Waals surface area contributed by atoms with Crippen molar-refractivity contribution in [2.75, 3.05) is 11.9 Å². The predicted molar refractivity (Wildman–Crippen MR) is 126 cm³/mol. The van der Waals surface area contributed by atoms with Crippen molar-refractivity contribution in [3.63, 3.8) is 0 Å². The average Bonchev–Trinajstić information content (AvgIpc) is 3.09. The molecule has 0 unspecified atom stereocenters. The molecule has 1 fully saturated rings.